The van der Waals surface area contributed by atoms with Crippen molar-refractivity contribution in [3.05, 3.63) is 0 Å². The Morgan fingerprint density at radius 3 is 0.842 bits per heavy atom. The highest BCUT2D eigenvalue weighted by Crippen LogP contribution is 2.14. The molecule has 226 valence electrons. The van der Waals surface area contributed by atoms with E-state index in [9.17, 15) is 9.59 Å². The molecule has 0 heterocycles. The monoisotopic (exact) mass is 538 g/mol. The maximum Gasteiger partial charge on any atom is 0.305 e. The molecule has 0 fully saturated rings. The van der Waals surface area contributed by atoms with Crippen molar-refractivity contribution in [1.29, 1.82) is 0 Å². The molecule has 0 bridgehead atoms. The van der Waals surface area contributed by atoms with Crippen molar-refractivity contribution in [2.24, 2.45) is 0 Å². The molecule has 0 N–H and O–H groups in total. The van der Waals surface area contributed by atoms with Crippen LogP contribution in [0.1, 0.15) is 194 Å². The summed E-state index contributed by atoms with van der Waals surface area (Å²) in [4.78, 5) is 23.7. The van der Waals surface area contributed by atoms with Crippen LogP contribution in [0.4, 0.5) is 0 Å². The molecular formula is C34H66O4. The minimum Gasteiger partial charge on any atom is -0.466 e. The van der Waals surface area contributed by atoms with Gasteiger partial charge in [-0.15, -0.1) is 0 Å². The molecule has 0 rings (SSSR count). The maximum absolute atomic E-state index is 11.9. The number of esters is 2. The second-order valence-corrected chi connectivity index (χ2v) is 11.4. The van der Waals surface area contributed by atoms with Crippen LogP contribution in [0.5, 0.6) is 0 Å². The first-order valence-corrected chi connectivity index (χ1v) is 17.0. The van der Waals surface area contributed by atoms with Crippen molar-refractivity contribution in [2.75, 3.05) is 13.2 Å². The molecule has 0 unspecified atom stereocenters. The Hall–Kier alpha value is -1.06. The third-order valence-corrected chi connectivity index (χ3v) is 7.53. The number of ether oxygens (including phenoxy) is 2. The SMILES string of the molecule is CCCCCCCCCCCCCCC(=O)OCCCCOC(=O)CCCCCCCCCCCCCC. The number of rotatable bonds is 31. The zero-order chi connectivity index (χ0) is 27.8. The van der Waals surface area contributed by atoms with Gasteiger partial charge in [-0.05, 0) is 25.7 Å². The molecule has 0 radical (unpaired) electrons. The third kappa shape index (κ3) is 31.2. The molecule has 0 aromatic carbocycles. The first-order chi connectivity index (χ1) is 18.7. The Bertz CT molecular complexity index is 447. The molecule has 4 nitrogen and oxygen atoms in total. The molecule has 0 aliphatic rings. The molecule has 0 spiro atoms. The number of carbonyl (C=O) groups is 2. The molecule has 0 aromatic rings. The summed E-state index contributed by atoms with van der Waals surface area (Å²) in [6, 6.07) is 0. The fourth-order valence-corrected chi connectivity index (χ4v) is 4.94. The first-order valence-electron chi connectivity index (χ1n) is 17.0. The van der Waals surface area contributed by atoms with E-state index in [1.54, 1.807) is 0 Å². The fourth-order valence-electron chi connectivity index (χ4n) is 4.94. The molecule has 0 aromatic heterocycles. The summed E-state index contributed by atoms with van der Waals surface area (Å²) in [5, 5.41) is 0. The Labute approximate surface area is 237 Å². The van der Waals surface area contributed by atoms with E-state index in [0.717, 1.165) is 38.5 Å². The highest BCUT2D eigenvalue weighted by atomic mass is 16.5. The van der Waals surface area contributed by atoms with Gasteiger partial charge in [-0.2, -0.15) is 0 Å². The van der Waals surface area contributed by atoms with Crippen LogP contribution in [0.3, 0.4) is 0 Å². The molecule has 0 saturated carbocycles. The Kier molecular flexibility index (Phi) is 31.3. The second kappa shape index (κ2) is 32.2. The highest BCUT2D eigenvalue weighted by Gasteiger charge is 2.05. The van der Waals surface area contributed by atoms with E-state index in [4.69, 9.17) is 9.47 Å². The Balaban J connectivity index is 3.26. The summed E-state index contributed by atoms with van der Waals surface area (Å²) in [6.07, 6.45) is 33.7. The fraction of sp³-hybridized carbons (Fsp3) is 0.941. The van der Waals surface area contributed by atoms with E-state index in [0.29, 0.717) is 26.1 Å². The van der Waals surface area contributed by atoms with E-state index in [2.05, 4.69) is 13.8 Å². The summed E-state index contributed by atoms with van der Waals surface area (Å²) in [5.41, 5.74) is 0. The zero-order valence-corrected chi connectivity index (χ0v) is 25.8. The van der Waals surface area contributed by atoms with Crippen LogP contribution in [-0.4, -0.2) is 25.2 Å². The van der Waals surface area contributed by atoms with Gasteiger partial charge in [0.15, 0.2) is 0 Å². The summed E-state index contributed by atoms with van der Waals surface area (Å²) >= 11 is 0. The van der Waals surface area contributed by atoms with Crippen LogP contribution in [0, 0.1) is 0 Å². The molecule has 38 heavy (non-hydrogen) atoms. The first kappa shape index (κ1) is 36.9. The van der Waals surface area contributed by atoms with Crippen LogP contribution in [0.25, 0.3) is 0 Å². The van der Waals surface area contributed by atoms with Crippen molar-refractivity contribution in [1.82, 2.24) is 0 Å². The minimum atomic E-state index is -0.0824. The van der Waals surface area contributed by atoms with Crippen molar-refractivity contribution in [3.8, 4) is 0 Å². The third-order valence-electron chi connectivity index (χ3n) is 7.53. The summed E-state index contributed by atoms with van der Waals surface area (Å²) < 4.78 is 10.6. The van der Waals surface area contributed by atoms with Crippen LogP contribution < -0.4 is 0 Å². The molecule has 0 atom stereocenters. The number of unbranched alkanes of at least 4 members (excludes halogenated alkanes) is 23. The van der Waals surface area contributed by atoms with E-state index in [1.807, 2.05) is 0 Å². The lowest BCUT2D eigenvalue weighted by Crippen LogP contribution is -2.08. The van der Waals surface area contributed by atoms with E-state index < -0.39 is 0 Å². The molecule has 4 heteroatoms. The highest BCUT2D eigenvalue weighted by molar-refractivity contribution is 5.69. The van der Waals surface area contributed by atoms with Gasteiger partial charge in [0.2, 0.25) is 0 Å². The van der Waals surface area contributed by atoms with Gasteiger partial charge in [-0.1, -0.05) is 155 Å². The van der Waals surface area contributed by atoms with E-state index in [1.165, 1.54) is 128 Å². The van der Waals surface area contributed by atoms with Crippen LogP contribution >= 0.6 is 0 Å². The molecular weight excluding hydrogens is 472 g/mol. The van der Waals surface area contributed by atoms with Gasteiger partial charge in [0.05, 0.1) is 13.2 Å². The van der Waals surface area contributed by atoms with Gasteiger partial charge < -0.3 is 9.47 Å². The van der Waals surface area contributed by atoms with Crippen LogP contribution in [0.2, 0.25) is 0 Å². The standard InChI is InChI=1S/C34H66O4/c1-3-5-7-9-11-13-15-17-19-21-23-25-29-33(35)37-31-27-28-32-38-34(36)30-26-24-22-20-18-16-14-12-10-8-6-4-2/h3-32H2,1-2H3. The largest absolute Gasteiger partial charge is 0.466 e. The van der Waals surface area contributed by atoms with Crippen LogP contribution in [0.15, 0.2) is 0 Å². The van der Waals surface area contributed by atoms with Gasteiger partial charge in [0, 0.05) is 12.8 Å². The van der Waals surface area contributed by atoms with Gasteiger partial charge in [-0.25, -0.2) is 0 Å². The van der Waals surface area contributed by atoms with Gasteiger partial charge >= 0.3 is 11.9 Å². The lowest BCUT2D eigenvalue weighted by molar-refractivity contribution is -0.146. The van der Waals surface area contributed by atoms with E-state index >= 15 is 0 Å². The van der Waals surface area contributed by atoms with Crippen molar-refractivity contribution >= 4 is 11.9 Å². The normalized spacial score (nSPS) is 11.1. The summed E-state index contributed by atoms with van der Waals surface area (Å²) in [5.74, 6) is -0.165. The van der Waals surface area contributed by atoms with Crippen molar-refractivity contribution < 1.29 is 19.1 Å². The minimum absolute atomic E-state index is 0.0824. The number of hydrogen-bond acceptors (Lipinski definition) is 4. The second-order valence-electron chi connectivity index (χ2n) is 11.4. The zero-order valence-electron chi connectivity index (χ0n) is 25.8. The van der Waals surface area contributed by atoms with E-state index in [-0.39, 0.29) is 11.9 Å². The van der Waals surface area contributed by atoms with Gasteiger partial charge in [0.25, 0.3) is 0 Å². The predicted molar refractivity (Wildman–Crippen MR) is 163 cm³/mol. The number of carbonyl (C=O) groups excluding carboxylic acids is 2. The molecule has 0 amide bonds. The Morgan fingerprint density at radius 2 is 0.579 bits per heavy atom. The molecule has 0 aliphatic carbocycles. The van der Waals surface area contributed by atoms with Gasteiger partial charge in [0.1, 0.15) is 0 Å². The Morgan fingerprint density at radius 1 is 0.342 bits per heavy atom. The van der Waals surface area contributed by atoms with Crippen molar-refractivity contribution in [3.63, 3.8) is 0 Å². The van der Waals surface area contributed by atoms with Crippen molar-refractivity contribution in [2.45, 2.75) is 194 Å². The predicted octanol–water partition coefficient (Wildman–Crippen LogP) is 11.0. The topological polar surface area (TPSA) is 52.6 Å². The maximum atomic E-state index is 11.9. The average molecular weight is 539 g/mol. The smallest absolute Gasteiger partial charge is 0.305 e. The number of hydrogen-bond donors (Lipinski definition) is 0. The van der Waals surface area contributed by atoms with Crippen LogP contribution in [-0.2, 0) is 19.1 Å². The quantitative estimate of drug-likeness (QED) is 0.0650. The summed E-state index contributed by atoms with van der Waals surface area (Å²) in [6.45, 7) is 5.41. The molecule has 0 aliphatic heterocycles. The molecule has 0 saturated heterocycles. The lowest BCUT2D eigenvalue weighted by atomic mass is 10.0. The lowest BCUT2D eigenvalue weighted by Gasteiger charge is -2.07. The van der Waals surface area contributed by atoms with Gasteiger partial charge in [-0.3, -0.25) is 9.59 Å². The summed E-state index contributed by atoms with van der Waals surface area (Å²) in [7, 11) is 0. The average Bonchev–Trinajstić information content (AvgIpc) is 2.91.